The summed E-state index contributed by atoms with van der Waals surface area (Å²) in [5.74, 6) is -0.557. The summed E-state index contributed by atoms with van der Waals surface area (Å²) in [6.07, 6.45) is -6.94. The van der Waals surface area contributed by atoms with Crippen molar-refractivity contribution in [2.45, 2.75) is 25.8 Å². The third kappa shape index (κ3) is 5.02. The molecule has 2 rings (SSSR count). The van der Waals surface area contributed by atoms with Crippen LogP contribution in [0.4, 0.5) is 13.2 Å². The van der Waals surface area contributed by atoms with Crippen molar-refractivity contribution in [3.05, 3.63) is 65.7 Å². The largest absolute Gasteiger partial charge is 0.489 e. The molecule has 0 aromatic heterocycles. The standard InChI is InChI=1S/C17H15F3O3/c1-12(21)23-16(17(18,19)20)14-7-9-15(10-8-14)22-11-13-5-3-2-4-6-13/h2-10,16H,11H2,1H3. The minimum atomic E-state index is -4.67. The van der Waals surface area contributed by atoms with Crippen LogP contribution in [0.1, 0.15) is 24.2 Å². The van der Waals surface area contributed by atoms with Crippen molar-refractivity contribution in [1.82, 2.24) is 0 Å². The molecular formula is C17H15F3O3. The molecule has 0 aliphatic heterocycles. The van der Waals surface area contributed by atoms with E-state index in [1.54, 1.807) is 0 Å². The number of alkyl halides is 3. The SMILES string of the molecule is CC(=O)OC(c1ccc(OCc2ccccc2)cc1)C(F)(F)F. The molecule has 1 atom stereocenters. The molecule has 0 aliphatic rings. The number of halogens is 3. The minimum absolute atomic E-state index is 0.153. The number of hydrogen-bond acceptors (Lipinski definition) is 3. The van der Waals surface area contributed by atoms with Crippen LogP contribution in [0.25, 0.3) is 0 Å². The Kier molecular flexibility index (Phi) is 5.26. The molecule has 2 aromatic carbocycles. The molecule has 23 heavy (non-hydrogen) atoms. The van der Waals surface area contributed by atoms with E-state index in [1.165, 1.54) is 24.3 Å². The quantitative estimate of drug-likeness (QED) is 0.763. The van der Waals surface area contributed by atoms with Gasteiger partial charge >= 0.3 is 12.1 Å². The van der Waals surface area contributed by atoms with E-state index in [-0.39, 0.29) is 5.56 Å². The van der Waals surface area contributed by atoms with E-state index >= 15 is 0 Å². The van der Waals surface area contributed by atoms with Gasteiger partial charge in [-0.15, -0.1) is 0 Å². The van der Waals surface area contributed by atoms with Crippen molar-refractivity contribution < 1.29 is 27.4 Å². The number of benzene rings is 2. The maximum absolute atomic E-state index is 12.9. The molecule has 0 fully saturated rings. The normalized spacial score (nSPS) is 12.5. The fourth-order valence-corrected chi connectivity index (χ4v) is 1.97. The predicted molar refractivity (Wildman–Crippen MR) is 77.8 cm³/mol. The van der Waals surface area contributed by atoms with Gasteiger partial charge in [-0.2, -0.15) is 13.2 Å². The summed E-state index contributed by atoms with van der Waals surface area (Å²) >= 11 is 0. The second-order valence-corrected chi connectivity index (χ2v) is 4.87. The number of hydrogen-bond donors (Lipinski definition) is 0. The summed E-state index contributed by atoms with van der Waals surface area (Å²) in [6.45, 7) is 1.25. The smallest absolute Gasteiger partial charge is 0.429 e. The van der Waals surface area contributed by atoms with Crippen LogP contribution in [0.5, 0.6) is 5.75 Å². The first kappa shape index (κ1) is 16.9. The highest BCUT2D eigenvalue weighted by Crippen LogP contribution is 2.36. The van der Waals surface area contributed by atoms with Crippen molar-refractivity contribution in [1.29, 1.82) is 0 Å². The number of rotatable bonds is 5. The fourth-order valence-electron chi connectivity index (χ4n) is 1.97. The molecule has 0 spiro atoms. The highest BCUT2D eigenvalue weighted by atomic mass is 19.4. The second kappa shape index (κ2) is 7.17. The molecule has 0 heterocycles. The van der Waals surface area contributed by atoms with Crippen molar-refractivity contribution in [2.24, 2.45) is 0 Å². The number of carbonyl (C=O) groups is 1. The lowest BCUT2D eigenvalue weighted by atomic mass is 10.1. The van der Waals surface area contributed by atoms with Gasteiger partial charge in [-0.05, 0) is 17.7 Å². The van der Waals surface area contributed by atoms with Gasteiger partial charge < -0.3 is 9.47 Å². The van der Waals surface area contributed by atoms with Gasteiger partial charge in [0.05, 0.1) is 0 Å². The van der Waals surface area contributed by atoms with Crippen LogP contribution in [0.3, 0.4) is 0 Å². The monoisotopic (exact) mass is 324 g/mol. The molecule has 0 aliphatic carbocycles. The molecule has 3 nitrogen and oxygen atoms in total. The topological polar surface area (TPSA) is 35.5 Å². The zero-order valence-electron chi connectivity index (χ0n) is 12.3. The van der Waals surface area contributed by atoms with Gasteiger partial charge in [0.15, 0.2) is 0 Å². The number of carbonyl (C=O) groups excluding carboxylic acids is 1. The van der Waals surface area contributed by atoms with E-state index in [2.05, 4.69) is 4.74 Å². The Morgan fingerprint density at radius 2 is 1.65 bits per heavy atom. The van der Waals surface area contributed by atoms with Gasteiger partial charge in [0.25, 0.3) is 0 Å². The van der Waals surface area contributed by atoms with Crippen LogP contribution < -0.4 is 4.74 Å². The minimum Gasteiger partial charge on any atom is -0.489 e. The number of ether oxygens (including phenoxy) is 2. The van der Waals surface area contributed by atoms with Crippen molar-refractivity contribution >= 4 is 5.97 Å². The third-order valence-electron chi connectivity index (χ3n) is 3.01. The van der Waals surface area contributed by atoms with Crippen LogP contribution in [0, 0.1) is 0 Å². The molecule has 1 unspecified atom stereocenters. The van der Waals surface area contributed by atoms with E-state index in [0.717, 1.165) is 12.5 Å². The first-order chi connectivity index (χ1) is 10.9. The van der Waals surface area contributed by atoms with Crippen LogP contribution in [0.2, 0.25) is 0 Å². The van der Waals surface area contributed by atoms with Crippen LogP contribution in [-0.4, -0.2) is 12.1 Å². The van der Waals surface area contributed by atoms with Gasteiger partial charge in [-0.25, -0.2) is 0 Å². The van der Waals surface area contributed by atoms with Crippen molar-refractivity contribution in [2.75, 3.05) is 0 Å². The Morgan fingerprint density at radius 3 is 2.17 bits per heavy atom. The Hall–Kier alpha value is -2.50. The van der Waals surface area contributed by atoms with Crippen LogP contribution in [-0.2, 0) is 16.1 Å². The highest BCUT2D eigenvalue weighted by Gasteiger charge is 2.43. The third-order valence-corrected chi connectivity index (χ3v) is 3.01. The van der Waals surface area contributed by atoms with Gasteiger partial charge in [0, 0.05) is 12.5 Å². The summed E-state index contributed by atoms with van der Waals surface area (Å²) in [6, 6.07) is 14.7. The van der Waals surface area contributed by atoms with Crippen molar-refractivity contribution in [3.8, 4) is 5.75 Å². The number of esters is 1. The first-order valence-corrected chi connectivity index (χ1v) is 6.87. The molecule has 0 radical (unpaired) electrons. The van der Waals surface area contributed by atoms with E-state index in [9.17, 15) is 18.0 Å². The van der Waals surface area contributed by atoms with E-state index in [1.807, 2.05) is 30.3 Å². The average Bonchev–Trinajstić information content (AvgIpc) is 2.51. The molecule has 0 amide bonds. The van der Waals surface area contributed by atoms with Gasteiger partial charge in [0.2, 0.25) is 6.10 Å². The molecule has 122 valence electrons. The Bertz CT molecular complexity index is 636. The fraction of sp³-hybridized carbons (Fsp3) is 0.235. The summed E-state index contributed by atoms with van der Waals surface area (Å²) in [5.41, 5.74) is 0.796. The summed E-state index contributed by atoms with van der Waals surface area (Å²) in [4.78, 5) is 10.9. The molecule has 0 saturated heterocycles. The van der Waals surface area contributed by atoms with E-state index in [0.29, 0.717) is 12.4 Å². The highest BCUT2D eigenvalue weighted by molar-refractivity contribution is 5.66. The second-order valence-electron chi connectivity index (χ2n) is 4.87. The van der Waals surface area contributed by atoms with E-state index in [4.69, 9.17) is 4.74 Å². The predicted octanol–water partition coefficient (Wildman–Crippen LogP) is 4.43. The van der Waals surface area contributed by atoms with Gasteiger partial charge in [-0.3, -0.25) is 4.79 Å². The molecule has 0 bridgehead atoms. The molecule has 2 aromatic rings. The Balaban J connectivity index is 2.06. The maximum Gasteiger partial charge on any atom is 0.429 e. The van der Waals surface area contributed by atoms with Crippen LogP contribution in [0.15, 0.2) is 54.6 Å². The van der Waals surface area contributed by atoms with Gasteiger partial charge in [-0.1, -0.05) is 42.5 Å². The summed E-state index contributed by atoms with van der Waals surface area (Å²) in [7, 11) is 0. The summed E-state index contributed by atoms with van der Waals surface area (Å²) in [5, 5.41) is 0. The van der Waals surface area contributed by atoms with Gasteiger partial charge in [0.1, 0.15) is 12.4 Å². The molecule has 6 heteroatoms. The molecular weight excluding hydrogens is 309 g/mol. The van der Waals surface area contributed by atoms with Crippen LogP contribution >= 0.6 is 0 Å². The molecule has 0 N–H and O–H groups in total. The summed E-state index contributed by atoms with van der Waals surface area (Å²) < 4.78 is 48.7. The zero-order chi connectivity index (χ0) is 16.9. The lowest BCUT2D eigenvalue weighted by molar-refractivity contribution is -0.222. The average molecular weight is 324 g/mol. The Morgan fingerprint density at radius 1 is 1.04 bits per heavy atom. The Labute approximate surface area is 131 Å². The molecule has 0 saturated carbocycles. The lowest BCUT2D eigenvalue weighted by Gasteiger charge is -2.20. The van der Waals surface area contributed by atoms with Crippen molar-refractivity contribution in [3.63, 3.8) is 0 Å². The lowest BCUT2D eigenvalue weighted by Crippen LogP contribution is -2.25. The maximum atomic E-state index is 12.9. The first-order valence-electron chi connectivity index (χ1n) is 6.87. The zero-order valence-corrected chi connectivity index (χ0v) is 12.3. The van der Waals surface area contributed by atoms with E-state index < -0.39 is 18.2 Å².